The molecular formula is C99H70N4O. The summed E-state index contributed by atoms with van der Waals surface area (Å²) in [6, 6.07) is 131. The molecule has 2 aromatic heterocycles. The molecule has 0 bridgehead atoms. The van der Waals surface area contributed by atoms with Crippen molar-refractivity contribution in [3.8, 4) is 61.3 Å². The molecule has 2 unspecified atom stereocenters. The zero-order valence-corrected chi connectivity index (χ0v) is 57.6. The van der Waals surface area contributed by atoms with E-state index >= 15 is 0 Å². The molecule has 3 aliphatic rings. The van der Waals surface area contributed by atoms with Crippen molar-refractivity contribution in [3.05, 3.63) is 398 Å². The lowest BCUT2D eigenvalue weighted by Gasteiger charge is -2.30. The van der Waals surface area contributed by atoms with Crippen molar-refractivity contribution < 1.29 is 4.42 Å². The maximum absolute atomic E-state index is 6.61. The molecule has 0 saturated carbocycles. The van der Waals surface area contributed by atoms with E-state index < -0.39 is 0 Å². The van der Waals surface area contributed by atoms with Crippen molar-refractivity contribution >= 4 is 94.8 Å². The van der Waals surface area contributed by atoms with Crippen LogP contribution >= 0.6 is 0 Å². The number of para-hydroxylation sites is 2. The van der Waals surface area contributed by atoms with Gasteiger partial charge >= 0.3 is 0 Å². The Kier molecular flexibility index (Phi) is 14.3. The number of hydrogen-bond acceptors (Lipinski definition) is 4. The highest BCUT2D eigenvalue weighted by molar-refractivity contribution is 6.11. The third kappa shape index (κ3) is 10.2. The molecule has 0 saturated heterocycles. The number of anilines is 8. The first kappa shape index (κ1) is 60.7. The highest BCUT2D eigenvalue weighted by atomic mass is 16.3. The van der Waals surface area contributed by atoms with Gasteiger partial charge in [0.15, 0.2) is 0 Å². The first-order valence-corrected chi connectivity index (χ1v) is 36.1. The molecule has 0 amide bonds. The van der Waals surface area contributed by atoms with Gasteiger partial charge < -0.3 is 23.7 Å². The van der Waals surface area contributed by atoms with Crippen LogP contribution < -0.4 is 14.7 Å². The van der Waals surface area contributed by atoms with Gasteiger partial charge in [-0.25, -0.2) is 0 Å². The first-order valence-electron chi connectivity index (χ1n) is 36.1. The highest BCUT2D eigenvalue weighted by Gasteiger charge is 2.40. The van der Waals surface area contributed by atoms with Crippen molar-refractivity contribution in [1.82, 2.24) is 4.57 Å². The standard InChI is InChI=1S/C99H70N4O/c1-99(2)91-27-15-12-24-83(91)84-56-51-81(63-92(84)99)102-93-28-16-13-25-85(93)89-61-79(53-58-94(89)102)100(75-43-34-69(35-44-75)65-18-6-3-7-19-65)78-49-40-72(41-50-78)68-30-32-73(33-31-68)74-42-55-86-90-62-80(54-59-95(90)103(96(86)60-74)82-52-57-88-87-26-14-17-29-97(87)104-98(88)64-82)101(76-45-36-70(37-46-76)66-20-8-4-9-21-66)77-47-38-71(39-48-77)67-22-10-5-11-23-67/h3-64,86,96H,1-2H3. The van der Waals surface area contributed by atoms with Crippen LogP contribution in [0.4, 0.5) is 45.5 Å². The van der Waals surface area contributed by atoms with E-state index in [-0.39, 0.29) is 17.4 Å². The molecule has 492 valence electrons. The lowest BCUT2D eigenvalue weighted by Crippen LogP contribution is -2.29. The molecule has 20 rings (SSSR count). The average Bonchev–Trinajstić information content (AvgIpc) is 1.57. The normalized spacial score (nSPS) is 14.7. The Morgan fingerprint density at radius 2 is 0.769 bits per heavy atom. The predicted molar refractivity (Wildman–Crippen MR) is 435 cm³/mol. The van der Waals surface area contributed by atoms with Crippen LogP contribution in [-0.4, -0.2) is 10.6 Å². The molecule has 0 spiro atoms. The summed E-state index contributed by atoms with van der Waals surface area (Å²) in [6.07, 6.45) is 7.27. The van der Waals surface area contributed by atoms with E-state index in [0.29, 0.717) is 0 Å². The van der Waals surface area contributed by atoms with Gasteiger partial charge in [0.1, 0.15) is 11.2 Å². The first-order chi connectivity index (χ1) is 51.3. The molecule has 5 heteroatoms. The Morgan fingerprint density at radius 3 is 1.38 bits per heavy atom. The molecule has 104 heavy (non-hydrogen) atoms. The Bertz CT molecular complexity index is 6140. The van der Waals surface area contributed by atoms with E-state index in [4.69, 9.17) is 4.42 Å². The van der Waals surface area contributed by atoms with E-state index in [1.54, 1.807) is 0 Å². The van der Waals surface area contributed by atoms with Crippen LogP contribution in [0.3, 0.4) is 0 Å². The second-order valence-corrected chi connectivity index (χ2v) is 28.4. The fraction of sp³-hybridized carbons (Fsp3) is 0.0505. The van der Waals surface area contributed by atoms with Gasteiger partial charge in [0.25, 0.3) is 0 Å². The van der Waals surface area contributed by atoms with Gasteiger partial charge in [-0.2, -0.15) is 0 Å². The van der Waals surface area contributed by atoms with Crippen LogP contribution in [0.25, 0.3) is 111 Å². The van der Waals surface area contributed by atoms with Gasteiger partial charge in [-0.3, -0.25) is 0 Å². The number of allylic oxidation sites excluding steroid dienone is 2. The number of rotatable bonds is 13. The summed E-state index contributed by atoms with van der Waals surface area (Å²) in [4.78, 5) is 7.35. The summed E-state index contributed by atoms with van der Waals surface area (Å²) in [7, 11) is 0. The average molecular weight is 1330 g/mol. The van der Waals surface area contributed by atoms with Gasteiger partial charge in [-0.1, -0.05) is 263 Å². The molecule has 3 heterocycles. The van der Waals surface area contributed by atoms with E-state index in [1.165, 1.54) is 106 Å². The highest BCUT2D eigenvalue weighted by Crippen LogP contribution is 2.54. The fourth-order valence-corrected chi connectivity index (χ4v) is 16.9. The number of aromatic nitrogens is 1. The third-order valence-corrected chi connectivity index (χ3v) is 22.1. The lowest BCUT2D eigenvalue weighted by atomic mass is 9.82. The van der Waals surface area contributed by atoms with Gasteiger partial charge in [0, 0.05) is 90.1 Å². The molecule has 15 aromatic carbocycles. The number of fused-ring (bicyclic) bond motifs is 12. The fourth-order valence-electron chi connectivity index (χ4n) is 16.9. The summed E-state index contributed by atoms with van der Waals surface area (Å²) >= 11 is 0. The maximum atomic E-state index is 6.61. The number of furan rings is 1. The molecule has 5 nitrogen and oxygen atoms in total. The number of hydrogen-bond donors (Lipinski definition) is 0. The summed E-state index contributed by atoms with van der Waals surface area (Å²) in [5.41, 5.74) is 32.4. The molecule has 0 radical (unpaired) electrons. The van der Waals surface area contributed by atoms with Crippen LogP contribution in [0, 0.1) is 0 Å². The number of benzene rings is 15. The second kappa shape index (κ2) is 24.5. The van der Waals surface area contributed by atoms with Gasteiger partial charge in [-0.15, -0.1) is 0 Å². The number of nitrogens with zero attached hydrogens (tertiary/aromatic N) is 4. The Labute approximate surface area is 605 Å². The lowest BCUT2D eigenvalue weighted by molar-refractivity contribution is 0.660. The van der Waals surface area contributed by atoms with Crippen LogP contribution in [0.15, 0.2) is 381 Å². The van der Waals surface area contributed by atoms with Crippen LogP contribution in [0.5, 0.6) is 0 Å². The minimum atomic E-state index is -0.115. The largest absolute Gasteiger partial charge is 0.456 e. The summed E-state index contributed by atoms with van der Waals surface area (Å²) < 4.78 is 9.07. The summed E-state index contributed by atoms with van der Waals surface area (Å²) in [6.45, 7) is 4.73. The van der Waals surface area contributed by atoms with Crippen LogP contribution in [0.2, 0.25) is 0 Å². The van der Waals surface area contributed by atoms with E-state index in [9.17, 15) is 0 Å². The SMILES string of the molecule is CC1(C)c2ccccc2-c2ccc(-n3c4ccccc4c4cc(N(c5ccc(-c6ccccc6)cc5)c5ccc(-c6ccc(C7=CC8C(C=C7)c7cc(N(c9ccc(-c%10ccccc%10)cc9)c9ccc(-c%10ccccc%10)cc9)ccc7N8c7ccc8c(c7)oc7ccccc78)cc6)cc5)ccc43)cc21. The Balaban J connectivity index is 0.639. The van der Waals surface area contributed by atoms with E-state index in [0.717, 1.165) is 72.9 Å². The van der Waals surface area contributed by atoms with Crippen molar-refractivity contribution in [1.29, 1.82) is 0 Å². The molecule has 1 aliphatic heterocycles. The minimum absolute atomic E-state index is 0.0222. The topological polar surface area (TPSA) is 27.8 Å². The molecule has 2 aliphatic carbocycles. The van der Waals surface area contributed by atoms with Gasteiger partial charge in [-0.05, 0) is 205 Å². The van der Waals surface area contributed by atoms with Crippen LogP contribution in [-0.2, 0) is 5.41 Å². The van der Waals surface area contributed by atoms with E-state index in [2.05, 4.69) is 403 Å². The molecule has 2 atom stereocenters. The molecule has 0 fully saturated rings. The predicted octanol–water partition coefficient (Wildman–Crippen LogP) is 26.9. The Hall–Kier alpha value is -13.2. The van der Waals surface area contributed by atoms with Crippen molar-refractivity contribution in [2.24, 2.45) is 0 Å². The summed E-state index contributed by atoms with van der Waals surface area (Å²) in [5.74, 6) is 0.0615. The van der Waals surface area contributed by atoms with Crippen LogP contribution in [0.1, 0.15) is 42.0 Å². The van der Waals surface area contributed by atoms with Crippen molar-refractivity contribution in [3.63, 3.8) is 0 Å². The zero-order valence-electron chi connectivity index (χ0n) is 57.6. The summed E-state index contributed by atoms with van der Waals surface area (Å²) in [5, 5.41) is 4.66. The van der Waals surface area contributed by atoms with E-state index in [1.807, 2.05) is 6.07 Å². The van der Waals surface area contributed by atoms with Crippen molar-refractivity contribution in [2.45, 2.75) is 31.2 Å². The van der Waals surface area contributed by atoms with Gasteiger partial charge in [0.05, 0.1) is 17.1 Å². The second-order valence-electron chi connectivity index (χ2n) is 28.4. The molecule has 0 N–H and O–H groups in total. The Morgan fingerprint density at radius 1 is 0.317 bits per heavy atom. The third-order valence-electron chi connectivity index (χ3n) is 22.1. The van der Waals surface area contributed by atoms with Gasteiger partial charge in [0.2, 0.25) is 0 Å². The maximum Gasteiger partial charge on any atom is 0.137 e. The molecule has 17 aromatic rings. The smallest absolute Gasteiger partial charge is 0.137 e. The minimum Gasteiger partial charge on any atom is -0.456 e. The van der Waals surface area contributed by atoms with Crippen molar-refractivity contribution in [2.75, 3.05) is 14.7 Å². The zero-order chi connectivity index (χ0) is 69.0. The monoisotopic (exact) mass is 1330 g/mol. The molecular weight excluding hydrogens is 1260 g/mol. The quantitative estimate of drug-likeness (QED) is 0.115.